The van der Waals surface area contributed by atoms with E-state index in [1.807, 2.05) is 36.4 Å². The van der Waals surface area contributed by atoms with Crippen LogP contribution in [-0.4, -0.2) is 19.6 Å². The Labute approximate surface area is 422 Å². The second kappa shape index (κ2) is 17.1. The molecule has 12 aromatic rings. The normalized spacial score (nSPS) is 11.7. The van der Waals surface area contributed by atoms with Crippen LogP contribution in [0.15, 0.2) is 156 Å². The Kier molecular flexibility index (Phi) is 11.0. The summed E-state index contributed by atoms with van der Waals surface area (Å²) in [7, 11) is 0. The third-order valence-corrected chi connectivity index (χ3v) is 14.2. The Bertz CT molecular complexity index is 3990. The van der Waals surface area contributed by atoms with Crippen LogP contribution in [0.5, 0.6) is 5.75 Å². The van der Waals surface area contributed by atoms with Gasteiger partial charge in [-0.05, 0) is 152 Å². The molecular formula is C64H50N3O2Pt-. The number of para-hydroxylation sites is 2. The van der Waals surface area contributed by atoms with Crippen molar-refractivity contribution in [3.63, 3.8) is 0 Å². The molecule has 12 rings (SSSR count). The summed E-state index contributed by atoms with van der Waals surface area (Å²) in [6.45, 7) is 17.7. The van der Waals surface area contributed by atoms with Gasteiger partial charge in [-0.1, -0.05) is 137 Å². The monoisotopic (exact) mass is 1090 g/mol. The third kappa shape index (κ3) is 7.17. The van der Waals surface area contributed by atoms with E-state index in [-0.39, 0.29) is 26.8 Å². The van der Waals surface area contributed by atoms with Crippen LogP contribution >= 0.6 is 0 Å². The van der Waals surface area contributed by atoms with Gasteiger partial charge < -0.3 is 9.52 Å². The van der Waals surface area contributed by atoms with Crippen molar-refractivity contribution in [3.8, 4) is 67.5 Å². The van der Waals surface area contributed by atoms with Crippen molar-refractivity contribution < 1.29 is 30.6 Å². The van der Waals surface area contributed by atoms with E-state index in [1.165, 1.54) is 55.6 Å². The number of benzene rings is 9. The molecule has 0 atom stereocenters. The summed E-state index contributed by atoms with van der Waals surface area (Å²) < 4.78 is 8.70. The Hall–Kier alpha value is -7.59. The number of fused-ring (bicyclic) bond motifs is 7. The summed E-state index contributed by atoms with van der Waals surface area (Å²) in [4.78, 5) is 11.1. The molecule has 3 aromatic heterocycles. The molecule has 0 unspecified atom stereocenters. The Morgan fingerprint density at radius 1 is 0.500 bits per heavy atom. The molecular weight excluding hydrogens is 1040 g/mol. The van der Waals surface area contributed by atoms with Crippen molar-refractivity contribution in [2.24, 2.45) is 0 Å². The molecule has 0 aliphatic carbocycles. The number of rotatable bonds is 6. The van der Waals surface area contributed by atoms with Gasteiger partial charge in [-0.15, -0.1) is 23.8 Å². The number of imidazole rings is 1. The molecule has 0 aliphatic rings. The summed E-state index contributed by atoms with van der Waals surface area (Å²) in [5, 5.41) is 16.0. The van der Waals surface area contributed by atoms with Gasteiger partial charge >= 0.3 is 0 Å². The average Bonchev–Trinajstić information content (AvgIpc) is 3.89. The zero-order valence-corrected chi connectivity index (χ0v) is 42.7. The van der Waals surface area contributed by atoms with Crippen molar-refractivity contribution in [1.82, 2.24) is 14.5 Å². The zero-order valence-electron chi connectivity index (χ0n) is 40.4. The number of aryl methyl sites for hydroxylation is 8. The van der Waals surface area contributed by atoms with Crippen LogP contribution in [0.1, 0.15) is 44.5 Å². The minimum Gasteiger partial charge on any atom is -0.507 e. The van der Waals surface area contributed by atoms with E-state index in [2.05, 4.69) is 175 Å². The predicted octanol–water partition coefficient (Wildman–Crippen LogP) is 16.9. The van der Waals surface area contributed by atoms with Crippen molar-refractivity contribution in [3.05, 3.63) is 202 Å². The Balaban J connectivity index is 0.00000533. The first-order chi connectivity index (χ1) is 33.4. The topological polar surface area (TPSA) is 64.1 Å². The first kappa shape index (κ1) is 44.9. The summed E-state index contributed by atoms with van der Waals surface area (Å²) in [6, 6.07) is 57.2. The summed E-state index contributed by atoms with van der Waals surface area (Å²) in [5.41, 5.74) is 24.4. The molecule has 6 heteroatoms. The molecule has 1 N–H and O–H groups in total. The molecule has 0 bridgehead atoms. The number of hydrogen-bond donors (Lipinski definition) is 1. The molecule has 0 saturated carbocycles. The molecule has 0 radical (unpaired) electrons. The maximum absolute atomic E-state index is 11.3. The van der Waals surface area contributed by atoms with E-state index in [0.717, 1.165) is 93.7 Å². The molecule has 0 amide bonds. The van der Waals surface area contributed by atoms with Gasteiger partial charge in [-0.3, -0.25) is 4.57 Å². The second-order valence-corrected chi connectivity index (χ2v) is 19.1. The second-order valence-electron chi connectivity index (χ2n) is 19.1. The summed E-state index contributed by atoms with van der Waals surface area (Å²) in [5.74, 6) is 0.900. The fraction of sp³-hybridized carbons (Fsp3) is 0.125. The van der Waals surface area contributed by atoms with Crippen molar-refractivity contribution in [1.29, 1.82) is 0 Å². The van der Waals surface area contributed by atoms with Crippen LogP contribution in [0.3, 0.4) is 0 Å². The van der Waals surface area contributed by atoms with Crippen LogP contribution in [-0.2, 0) is 21.1 Å². The predicted molar refractivity (Wildman–Crippen MR) is 287 cm³/mol. The molecule has 70 heavy (non-hydrogen) atoms. The molecule has 3 heterocycles. The van der Waals surface area contributed by atoms with Gasteiger partial charge in [0, 0.05) is 37.2 Å². The number of hydrogen-bond acceptors (Lipinski definition) is 4. The van der Waals surface area contributed by atoms with Gasteiger partial charge in [-0.2, -0.15) is 0 Å². The number of pyridine rings is 1. The van der Waals surface area contributed by atoms with E-state index >= 15 is 0 Å². The van der Waals surface area contributed by atoms with Crippen LogP contribution in [0.2, 0.25) is 0 Å². The van der Waals surface area contributed by atoms with E-state index < -0.39 is 0 Å². The minimum absolute atomic E-state index is 0. The number of aromatic hydroxyl groups is 1. The number of furan rings is 1. The van der Waals surface area contributed by atoms with Gasteiger partial charge in [0.2, 0.25) is 0 Å². The fourth-order valence-electron chi connectivity index (χ4n) is 11.5. The maximum atomic E-state index is 11.3. The molecule has 0 saturated heterocycles. The van der Waals surface area contributed by atoms with E-state index in [1.54, 1.807) is 6.07 Å². The van der Waals surface area contributed by atoms with Gasteiger partial charge in [0.1, 0.15) is 17.0 Å². The maximum Gasteiger partial charge on any atom is 0.163 e. The Morgan fingerprint density at radius 3 is 1.80 bits per heavy atom. The van der Waals surface area contributed by atoms with Gasteiger partial charge in [0.25, 0.3) is 0 Å². The van der Waals surface area contributed by atoms with E-state index in [0.29, 0.717) is 11.5 Å². The standard InChI is InChI=1S/C64H50N3O2.Pt/c1-35-28-39(5)57(40(6)29-35)48-18-13-19-49(58-41(7)30-36(2)31-42(58)8)59(48)46-33-50(45-25-27-56-51(32-45)47-17-9-10-21-55(47)69-56)62-53(34-46)67(63-37(3)14-11-15-38(63)4)64(66-62)52-26-24-44-23-22-43-16-12-20-54(68)60(43)61(44)65-52;/h9-24,26-34,68H,1-8H3;/q-1;. The van der Waals surface area contributed by atoms with Crippen molar-refractivity contribution in [2.45, 2.75) is 55.4 Å². The fourth-order valence-corrected chi connectivity index (χ4v) is 11.5. The summed E-state index contributed by atoms with van der Waals surface area (Å²) in [6.07, 6.45) is 0. The Morgan fingerprint density at radius 2 is 1.11 bits per heavy atom. The van der Waals surface area contributed by atoms with Crippen LogP contribution in [0.4, 0.5) is 0 Å². The van der Waals surface area contributed by atoms with Crippen molar-refractivity contribution >= 4 is 54.6 Å². The molecule has 0 aliphatic heterocycles. The number of aromatic nitrogens is 3. The first-order valence-corrected chi connectivity index (χ1v) is 23.7. The quantitative estimate of drug-likeness (QED) is 0.133. The molecule has 5 nitrogen and oxygen atoms in total. The average molecular weight is 1090 g/mol. The largest absolute Gasteiger partial charge is 0.507 e. The molecule has 0 spiro atoms. The number of nitrogens with zero attached hydrogens (tertiary/aromatic N) is 3. The minimum atomic E-state index is 0. The van der Waals surface area contributed by atoms with E-state index in [9.17, 15) is 5.11 Å². The molecule has 9 aromatic carbocycles. The van der Waals surface area contributed by atoms with Crippen molar-refractivity contribution in [2.75, 3.05) is 0 Å². The number of phenolic OH excluding ortho intramolecular Hbond substituents is 1. The van der Waals surface area contributed by atoms with Gasteiger partial charge in [0.15, 0.2) is 5.82 Å². The van der Waals surface area contributed by atoms with E-state index in [4.69, 9.17) is 14.4 Å². The summed E-state index contributed by atoms with van der Waals surface area (Å²) >= 11 is 0. The van der Waals surface area contributed by atoms with Crippen LogP contribution in [0, 0.1) is 61.5 Å². The molecule has 344 valence electrons. The SMILES string of the molecule is Cc1cc(C)c(-c2cccc(-c3c(C)cc(C)cc3C)c2-c2cc(-c3[c-]cc4oc5ccccc5c4c3)c3nc(-c4ccc5ccc6cccc(O)c6c5n4)n(-c4c(C)cccc4C)c3c2)c(C)c1.[Pt]. The first-order valence-electron chi connectivity index (χ1n) is 23.7. The third-order valence-electron chi connectivity index (χ3n) is 14.2. The van der Waals surface area contributed by atoms with Gasteiger partial charge in [-0.25, -0.2) is 9.97 Å². The van der Waals surface area contributed by atoms with Crippen LogP contribution < -0.4 is 0 Å². The van der Waals surface area contributed by atoms with Gasteiger partial charge in [0.05, 0.1) is 27.8 Å². The molecule has 0 fully saturated rings. The number of phenols is 1. The van der Waals surface area contributed by atoms with Crippen LogP contribution in [0.25, 0.3) is 116 Å². The zero-order chi connectivity index (χ0) is 47.4. The smallest absolute Gasteiger partial charge is 0.163 e.